The second-order valence-electron chi connectivity index (χ2n) is 12.9. The Morgan fingerprint density at radius 2 is 1.86 bits per heavy atom. The van der Waals surface area contributed by atoms with Crippen LogP contribution in [0.25, 0.3) is 0 Å². The van der Waals surface area contributed by atoms with Crippen molar-refractivity contribution >= 4 is 5.97 Å². The van der Waals surface area contributed by atoms with Gasteiger partial charge in [-0.05, 0) is 75.6 Å². The number of phenols is 1. The Bertz CT molecular complexity index is 973. The highest BCUT2D eigenvalue weighted by molar-refractivity contribution is 5.70. The molecule has 208 valence electrons. The molecule has 3 rings (SSSR count). The first-order chi connectivity index (χ1) is 17.4. The van der Waals surface area contributed by atoms with Gasteiger partial charge in [-0.15, -0.1) is 0 Å². The number of nitrogens with zero attached hydrogens (tertiary/aromatic N) is 1. The Hall–Kier alpha value is -2.01. The Morgan fingerprint density at radius 3 is 2.51 bits per heavy atom. The fourth-order valence-corrected chi connectivity index (χ4v) is 6.09. The van der Waals surface area contributed by atoms with Crippen LogP contribution < -0.4 is 4.74 Å². The normalized spacial score (nSPS) is 20.9. The Kier molecular flexibility index (Phi) is 9.42. The summed E-state index contributed by atoms with van der Waals surface area (Å²) in [5.74, 6) is 1.43. The highest BCUT2D eigenvalue weighted by Crippen LogP contribution is 2.55. The number of benzene rings is 1. The summed E-state index contributed by atoms with van der Waals surface area (Å²) >= 11 is 0. The number of hydrogen-bond donors (Lipinski definition) is 1. The third-order valence-corrected chi connectivity index (χ3v) is 9.28. The van der Waals surface area contributed by atoms with Crippen molar-refractivity contribution in [1.29, 1.82) is 0 Å². The van der Waals surface area contributed by atoms with Crippen molar-refractivity contribution < 1.29 is 23.9 Å². The zero-order chi connectivity index (χ0) is 27.4. The van der Waals surface area contributed by atoms with E-state index in [0.717, 1.165) is 54.8 Å². The van der Waals surface area contributed by atoms with Crippen molar-refractivity contribution in [1.82, 2.24) is 0 Å². The number of rotatable bonds is 12. The van der Waals surface area contributed by atoms with Crippen molar-refractivity contribution in [3.8, 4) is 11.5 Å². The number of phenolic OH excluding ortho intramolecular Hbond substituents is 1. The largest absolute Gasteiger partial charge is 0.508 e. The van der Waals surface area contributed by atoms with Crippen LogP contribution >= 0.6 is 0 Å². The summed E-state index contributed by atoms with van der Waals surface area (Å²) in [7, 11) is 2.09. The number of unbranched alkanes of at least 4 members (excludes halogenated alkanes) is 3. The van der Waals surface area contributed by atoms with Crippen molar-refractivity contribution in [2.75, 3.05) is 33.3 Å². The Balaban J connectivity index is 1.78. The van der Waals surface area contributed by atoms with Crippen LogP contribution in [0.3, 0.4) is 0 Å². The van der Waals surface area contributed by atoms with Gasteiger partial charge >= 0.3 is 5.97 Å². The molecule has 0 amide bonds. The lowest BCUT2D eigenvalue weighted by Gasteiger charge is -2.47. The molecule has 1 N–H and O–H groups in total. The van der Waals surface area contributed by atoms with E-state index in [-0.39, 0.29) is 28.8 Å². The monoisotopic (exact) mass is 514 g/mol. The van der Waals surface area contributed by atoms with Gasteiger partial charge in [-0.1, -0.05) is 52.5 Å². The topological polar surface area (TPSA) is 55.8 Å². The summed E-state index contributed by atoms with van der Waals surface area (Å²) in [6.45, 7) is 17.9. The maximum Gasteiger partial charge on any atom is 0.362 e. The minimum absolute atomic E-state index is 0.0274. The standard InChI is InChI=1S/C32H51NO4/c1-9-12-13-14-17-31(4,5)24-19-27(34)30-25-18-23(22-36-29(35)21-33(8,10-2)11-3)15-16-26(25)32(6,7)37-28(30)20-24/h15,19-20,25-26H,9-14,16-18,21-22H2,1-8H3/p+1/t25-,26-/m0/s1. The lowest BCUT2D eigenvalue weighted by molar-refractivity contribution is -0.899. The molecule has 0 aromatic heterocycles. The van der Waals surface area contributed by atoms with Crippen LogP contribution in [0.1, 0.15) is 110 Å². The molecular weight excluding hydrogens is 462 g/mol. The van der Waals surface area contributed by atoms with Crippen LogP contribution in [0.15, 0.2) is 23.8 Å². The molecule has 0 spiro atoms. The predicted octanol–water partition coefficient (Wildman–Crippen LogP) is 7.26. The van der Waals surface area contributed by atoms with Crippen LogP contribution in [0, 0.1) is 5.92 Å². The van der Waals surface area contributed by atoms with E-state index in [4.69, 9.17) is 9.47 Å². The summed E-state index contributed by atoms with van der Waals surface area (Å²) in [6, 6.07) is 4.16. The number of esters is 1. The smallest absolute Gasteiger partial charge is 0.362 e. The number of aromatic hydroxyl groups is 1. The number of carbonyl (C=O) groups excluding carboxylic acids is 1. The zero-order valence-corrected chi connectivity index (χ0v) is 24.8. The number of ether oxygens (including phenoxy) is 2. The number of hydrogen-bond acceptors (Lipinski definition) is 4. The SMILES string of the molecule is CCCCCCC(C)(C)c1cc(O)c2c(c1)OC(C)(C)[C@H]1CC=C(COC(=O)C[N+](C)(CC)CC)C[C@H]21. The molecular formula is C32H52NO4+. The number of fused-ring (bicyclic) bond motifs is 3. The lowest BCUT2D eigenvalue weighted by Crippen LogP contribution is -2.48. The average molecular weight is 515 g/mol. The first-order valence-electron chi connectivity index (χ1n) is 14.6. The summed E-state index contributed by atoms with van der Waals surface area (Å²) in [4.78, 5) is 12.6. The molecule has 0 fully saturated rings. The Labute approximate surface area is 225 Å². The van der Waals surface area contributed by atoms with Crippen molar-refractivity contribution in [2.45, 2.75) is 110 Å². The van der Waals surface area contributed by atoms with Gasteiger partial charge in [0.1, 0.15) is 23.7 Å². The fourth-order valence-electron chi connectivity index (χ4n) is 6.09. The molecule has 0 bridgehead atoms. The van der Waals surface area contributed by atoms with Crippen molar-refractivity contribution in [3.05, 3.63) is 34.9 Å². The van der Waals surface area contributed by atoms with Crippen LogP contribution in [0.5, 0.6) is 11.5 Å². The predicted molar refractivity (Wildman–Crippen MR) is 151 cm³/mol. The molecule has 2 atom stereocenters. The zero-order valence-electron chi connectivity index (χ0n) is 24.8. The lowest BCUT2D eigenvalue weighted by atomic mass is 9.66. The van der Waals surface area contributed by atoms with E-state index >= 15 is 0 Å². The molecule has 0 saturated heterocycles. The first-order valence-corrected chi connectivity index (χ1v) is 14.6. The van der Waals surface area contributed by atoms with Crippen LogP contribution in [0.2, 0.25) is 0 Å². The van der Waals surface area contributed by atoms with Gasteiger partial charge in [0.05, 0.1) is 20.1 Å². The minimum atomic E-state index is -0.339. The molecule has 37 heavy (non-hydrogen) atoms. The van der Waals surface area contributed by atoms with E-state index in [2.05, 4.69) is 67.7 Å². The molecule has 5 nitrogen and oxygen atoms in total. The molecule has 5 heteroatoms. The molecule has 1 aromatic carbocycles. The molecule has 1 aliphatic heterocycles. The van der Waals surface area contributed by atoms with Crippen LogP contribution in [0.4, 0.5) is 0 Å². The molecule has 0 saturated carbocycles. The van der Waals surface area contributed by atoms with E-state index in [9.17, 15) is 9.90 Å². The van der Waals surface area contributed by atoms with Gasteiger partial charge in [0.2, 0.25) is 0 Å². The number of quaternary nitrogens is 1. The third kappa shape index (κ3) is 6.90. The minimum Gasteiger partial charge on any atom is -0.508 e. The van der Waals surface area contributed by atoms with Gasteiger partial charge in [-0.25, -0.2) is 4.79 Å². The Morgan fingerprint density at radius 1 is 1.16 bits per heavy atom. The summed E-state index contributed by atoms with van der Waals surface area (Å²) in [5, 5.41) is 11.3. The summed E-state index contributed by atoms with van der Waals surface area (Å²) in [5.41, 5.74) is 2.84. The quantitative estimate of drug-likeness (QED) is 0.138. The number of likely N-dealkylation sites (N-methyl/N-ethyl adjacent to an activating group) is 1. The van der Waals surface area contributed by atoms with E-state index < -0.39 is 0 Å². The second kappa shape index (κ2) is 11.8. The fraction of sp³-hybridized carbons (Fsp3) is 0.719. The van der Waals surface area contributed by atoms with E-state index in [0.29, 0.717) is 23.4 Å². The number of allylic oxidation sites excluding steroid dienone is 1. The molecule has 1 aliphatic carbocycles. The van der Waals surface area contributed by atoms with Crippen molar-refractivity contribution in [2.24, 2.45) is 5.92 Å². The highest BCUT2D eigenvalue weighted by Gasteiger charge is 2.46. The molecule has 0 radical (unpaired) electrons. The van der Waals surface area contributed by atoms with Gasteiger partial charge in [0.25, 0.3) is 0 Å². The molecule has 2 aliphatic rings. The maximum absolute atomic E-state index is 12.6. The van der Waals surface area contributed by atoms with E-state index in [1.807, 2.05) is 6.07 Å². The second-order valence-corrected chi connectivity index (χ2v) is 12.9. The van der Waals surface area contributed by atoms with Gasteiger partial charge in [-0.2, -0.15) is 0 Å². The van der Waals surface area contributed by atoms with Gasteiger partial charge in [0, 0.05) is 17.4 Å². The van der Waals surface area contributed by atoms with Crippen molar-refractivity contribution in [3.63, 3.8) is 0 Å². The molecule has 0 unspecified atom stereocenters. The summed E-state index contributed by atoms with van der Waals surface area (Å²) < 4.78 is 13.0. The van der Waals surface area contributed by atoms with E-state index in [1.165, 1.54) is 25.7 Å². The van der Waals surface area contributed by atoms with E-state index in [1.54, 1.807) is 0 Å². The average Bonchev–Trinajstić information content (AvgIpc) is 2.84. The van der Waals surface area contributed by atoms with Crippen LogP contribution in [-0.4, -0.2) is 54.4 Å². The molecule has 1 aromatic rings. The van der Waals surface area contributed by atoms with Crippen LogP contribution in [-0.2, 0) is 14.9 Å². The van der Waals surface area contributed by atoms with Gasteiger partial charge in [0.15, 0.2) is 6.54 Å². The highest BCUT2D eigenvalue weighted by atomic mass is 16.5. The third-order valence-electron chi connectivity index (χ3n) is 9.28. The summed E-state index contributed by atoms with van der Waals surface area (Å²) in [6.07, 6.45) is 9.89. The number of carbonyl (C=O) groups is 1. The molecule has 1 heterocycles. The first kappa shape index (κ1) is 29.5. The maximum atomic E-state index is 12.6. The van der Waals surface area contributed by atoms with Gasteiger partial charge in [-0.3, -0.25) is 0 Å². The van der Waals surface area contributed by atoms with Gasteiger partial charge < -0.3 is 19.1 Å².